The predicted octanol–water partition coefficient (Wildman–Crippen LogP) is 1.43. The Balaban J connectivity index is 2.29. The molecule has 0 saturated carbocycles. The minimum atomic E-state index is 0.00250. The van der Waals surface area contributed by atoms with Gasteiger partial charge in [-0.3, -0.25) is 0 Å². The molecule has 0 aromatic heterocycles. The van der Waals surface area contributed by atoms with Crippen LogP contribution in [0.2, 0.25) is 0 Å². The zero-order valence-electron chi connectivity index (χ0n) is 8.45. The van der Waals surface area contributed by atoms with E-state index in [0.717, 1.165) is 19.4 Å². The molecule has 0 radical (unpaired) electrons. The fraction of sp³-hybridized carbons (Fsp3) is 0.800. The zero-order valence-corrected chi connectivity index (χ0v) is 8.45. The molecule has 1 unspecified atom stereocenters. The second-order valence-electron chi connectivity index (χ2n) is 3.66. The van der Waals surface area contributed by atoms with Crippen molar-refractivity contribution in [2.75, 3.05) is 13.2 Å². The smallest absolute Gasteiger partial charge is 0.0876 e. The molecule has 0 aliphatic carbocycles. The maximum absolute atomic E-state index is 5.92. The Hall–Kier alpha value is -0.540. The van der Waals surface area contributed by atoms with E-state index < -0.39 is 0 Å². The molecule has 1 heterocycles. The highest BCUT2D eigenvalue weighted by Gasteiger charge is 2.13. The van der Waals surface area contributed by atoms with Crippen molar-refractivity contribution >= 4 is 0 Å². The predicted molar refractivity (Wildman–Crippen MR) is 52.3 cm³/mol. The molecule has 3 nitrogen and oxygen atoms in total. The first kappa shape index (κ1) is 10.5. The first-order valence-electron chi connectivity index (χ1n) is 4.88. The molecule has 1 aliphatic heterocycles. The van der Waals surface area contributed by atoms with Crippen molar-refractivity contribution in [3.8, 4) is 0 Å². The van der Waals surface area contributed by atoms with Crippen molar-refractivity contribution in [2.45, 2.75) is 38.8 Å². The Bertz CT molecular complexity index is 178. The van der Waals surface area contributed by atoms with E-state index in [-0.39, 0.29) is 12.1 Å². The van der Waals surface area contributed by atoms with Crippen molar-refractivity contribution < 1.29 is 9.47 Å². The Morgan fingerprint density at radius 3 is 2.92 bits per heavy atom. The standard InChI is InChI=1S/C10H19NO2/c1-8(2)13-7-10(11)9-4-3-5-12-6-9/h6,8,10H,3-5,7,11H2,1-2H3. The summed E-state index contributed by atoms with van der Waals surface area (Å²) in [5, 5.41) is 0. The lowest BCUT2D eigenvalue weighted by atomic mass is 10.0. The molecule has 1 atom stereocenters. The van der Waals surface area contributed by atoms with Crippen molar-refractivity contribution in [1.29, 1.82) is 0 Å². The third-order valence-electron chi connectivity index (χ3n) is 2.05. The largest absolute Gasteiger partial charge is 0.501 e. The van der Waals surface area contributed by atoms with Crippen LogP contribution in [0.1, 0.15) is 26.7 Å². The molecule has 0 amide bonds. The van der Waals surface area contributed by atoms with E-state index in [1.807, 2.05) is 13.8 Å². The van der Waals surface area contributed by atoms with Gasteiger partial charge in [-0.1, -0.05) is 0 Å². The molecule has 3 heteroatoms. The van der Waals surface area contributed by atoms with Crippen molar-refractivity contribution in [1.82, 2.24) is 0 Å². The Kier molecular flexibility index (Phi) is 4.25. The summed E-state index contributed by atoms with van der Waals surface area (Å²) in [4.78, 5) is 0. The van der Waals surface area contributed by atoms with Gasteiger partial charge in [0.25, 0.3) is 0 Å². The van der Waals surface area contributed by atoms with Crippen LogP contribution in [0.5, 0.6) is 0 Å². The lowest BCUT2D eigenvalue weighted by Gasteiger charge is -2.20. The van der Waals surface area contributed by atoms with Gasteiger partial charge < -0.3 is 15.2 Å². The van der Waals surface area contributed by atoms with E-state index >= 15 is 0 Å². The van der Waals surface area contributed by atoms with Crippen LogP contribution in [0.25, 0.3) is 0 Å². The number of hydrogen-bond donors (Lipinski definition) is 1. The average molecular weight is 185 g/mol. The van der Waals surface area contributed by atoms with Crippen molar-refractivity contribution in [2.24, 2.45) is 5.73 Å². The Morgan fingerprint density at radius 2 is 2.38 bits per heavy atom. The molecule has 0 aromatic carbocycles. The van der Waals surface area contributed by atoms with Crippen LogP contribution < -0.4 is 5.73 Å². The molecule has 1 aliphatic rings. The maximum atomic E-state index is 5.92. The first-order chi connectivity index (χ1) is 6.20. The molecular weight excluding hydrogens is 166 g/mol. The molecule has 0 saturated heterocycles. The molecule has 0 fully saturated rings. The van der Waals surface area contributed by atoms with Gasteiger partial charge in [0.1, 0.15) is 0 Å². The average Bonchev–Trinajstić information content (AvgIpc) is 2.15. The normalized spacial score (nSPS) is 19.5. The van der Waals surface area contributed by atoms with Gasteiger partial charge in [-0.2, -0.15) is 0 Å². The van der Waals surface area contributed by atoms with Crippen molar-refractivity contribution in [3.05, 3.63) is 11.8 Å². The first-order valence-corrected chi connectivity index (χ1v) is 4.88. The number of nitrogens with two attached hydrogens (primary N) is 1. The van der Waals surface area contributed by atoms with Crippen LogP contribution in [0.4, 0.5) is 0 Å². The minimum Gasteiger partial charge on any atom is -0.501 e. The van der Waals surface area contributed by atoms with Crippen LogP contribution in [-0.2, 0) is 9.47 Å². The fourth-order valence-electron chi connectivity index (χ4n) is 1.26. The highest BCUT2D eigenvalue weighted by atomic mass is 16.5. The molecular formula is C10H19NO2. The lowest BCUT2D eigenvalue weighted by molar-refractivity contribution is 0.0714. The molecule has 13 heavy (non-hydrogen) atoms. The summed E-state index contributed by atoms with van der Waals surface area (Å²) in [5.41, 5.74) is 7.10. The molecule has 0 bridgehead atoms. The van der Waals surface area contributed by atoms with Crippen molar-refractivity contribution in [3.63, 3.8) is 0 Å². The monoisotopic (exact) mass is 185 g/mol. The lowest BCUT2D eigenvalue weighted by Crippen LogP contribution is -2.31. The summed E-state index contributed by atoms with van der Waals surface area (Å²) in [6, 6.07) is 0.00250. The quantitative estimate of drug-likeness (QED) is 0.720. The molecule has 0 aromatic rings. The number of rotatable bonds is 4. The van der Waals surface area contributed by atoms with Gasteiger partial charge in [0.15, 0.2) is 0 Å². The van der Waals surface area contributed by atoms with Crippen LogP contribution >= 0.6 is 0 Å². The highest BCUT2D eigenvalue weighted by molar-refractivity contribution is 5.08. The summed E-state index contributed by atoms with van der Waals surface area (Å²) < 4.78 is 10.6. The Morgan fingerprint density at radius 1 is 1.62 bits per heavy atom. The van der Waals surface area contributed by atoms with Gasteiger partial charge in [0.2, 0.25) is 0 Å². The van der Waals surface area contributed by atoms with Gasteiger partial charge in [-0.05, 0) is 32.3 Å². The van der Waals surface area contributed by atoms with E-state index in [1.54, 1.807) is 6.26 Å². The van der Waals surface area contributed by atoms with Crippen LogP contribution in [0.3, 0.4) is 0 Å². The van der Waals surface area contributed by atoms with Gasteiger partial charge in [0, 0.05) is 0 Å². The topological polar surface area (TPSA) is 44.5 Å². The SMILES string of the molecule is CC(C)OCC(N)C1=COCCC1. The van der Waals surface area contributed by atoms with E-state index in [4.69, 9.17) is 15.2 Å². The fourth-order valence-corrected chi connectivity index (χ4v) is 1.26. The Labute approximate surface area is 79.9 Å². The number of ether oxygens (including phenoxy) is 2. The van der Waals surface area contributed by atoms with E-state index in [9.17, 15) is 0 Å². The van der Waals surface area contributed by atoms with Crippen LogP contribution in [-0.4, -0.2) is 25.4 Å². The molecule has 0 spiro atoms. The zero-order chi connectivity index (χ0) is 9.68. The summed E-state index contributed by atoms with van der Waals surface area (Å²) in [7, 11) is 0. The van der Waals surface area contributed by atoms with Gasteiger partial charge >= 0.3 is 0 Å². The second-order valence-corrected chi connectivity index (χ2v) is 3.66. The summed E-state index contributed by atoms with van der Waals surface area (Å²) >= 11 is 0. The summed E-state index contributed by atoms with van der Waals surface area (Å²) in [6.07, 6.45) is 4.15. The third-order valence-corrected chi connectivity index (χ3v) is 2.05. The summed E-state index contributed by atoms with van der Waals surface area (Å²) in [6.45, 7) is 5.44. The van der Waals surface area contributed by atoms with E-state index in [1.165, 1.54) is 5.57 Å². The number of hydrogen-bond acceptors (Lipinski definition) is 3. The molecule has 76 valence electrons. The van der Waals surface area contributed by atoms with Gasteiger partial charge in [-0.15, -0.1) is 0 Å². The van der Waals surface area contributed by atoms with E-state index in [2.05, 4.69) is 0 Å². The van der Waals surface area contributed by atoms with Crippen LogP contribution in [0.15, 0.2) is 11.8 Å². The minimum absolute atomic E-state index is 0.00250. The van der Waals surface area contributed by atoms with Crippen LogP contribution in [0, 0.1) is 0 Å². The highest BCUT2D eigenvalue weighted by Crippen LogP contribution is 2.14. The third kappa shape index (κ3) is 3.79. The molecule has 1 rings (SSSR count). The van der Waals surface area contributed by atoms with Gasteiger partial charge in [0.05, 0.1) is 31.6 Å². The molecule has 2 N–H and O–H groups in total. The summed E-state index contributed by atoms with van der Waals surface area (Å²) in [5.74, 6) is 0. The van der Waals surface area contributed by atoms with Gasteiger partial charge in [-0.25, -0.2) is 0 Å². The second kappa shape index (κ2) is 5.25. The van der Waals surface area contributed by atoms with E-state index in [0.29, 0.717) is 6.61 Å². The maximum Gasteiger partial charge on any atom is 0.0876 e.